The van der Waals surface area contributed by atoms with E-state index < -0.39 is 0 Å². The molecule has 0 aromatic carbocycles. The zero-order valence-electron chi connectivity index (χ0n) is 8.56. The van der Waals surface area contributed by atoms with Crippen LogP contribution in [0.1, 0.15) is 22.4 Å². The number of nitrogens with zero attached hydrogens (tertiary/aromatic N) is 2. The van der Waals surface area contributed by atoms with Gasteiger partial charge in [-0.05, 0) is 29.4 Å². The van der Waals surface area contributed by atoms with Crippen LogP contribution < -0.4 is 5.32 Å². The van der Waals surface area contributed by atoms with Crippen molar-refractivity contribution in [3.8, 4) is 0 Å². The highest BCUT2D eigenvalue weighted by Crippen LogP contribution is 2.12. The fourth-order valence-electron chi connectivity index (χ4n) is 1.34. The molecule has 3 nitrogen and oxygen atoms in total. The summed E-state index contributed by atoms with van der Waals surface area (Å²) >= 11 is 3.27. The van der Waals surface area contributed by atoms with Crippen molar-refractivity contribution in [1.82, 2.24) is 14.9 Å². The lowest BCUT2D eigenvalue weighted by Crippen LogP contribution is -2.11. The van der Waals surface area contributed by atoms with E-state index in [1.54, 1.807) is 11.3 Å². The minimum absolute atomic E-state index is 0.874. The van der Waals surface area contributed by atoms with Gasteiger partial charge in [-0.15, -0.1) is 16.4 Å². The standard InChI is InChI=1S/C10H13N3S2/c1-2-9-10(15-13-12-9)7-11-6-8-4-3-5-14-8/h3-5,11H,2,6-7H2,1H3. The molecule has 0 aliphatic rings. The molecule has 0 unspecified atom stereocenters. The predicted octanol–water partition coefficient (Wildman–Crippen LogP) is 2.45. The minimum atomic E-state index is 0.874. The van der Waals surface area contributed by atoms with E-state index in [1.165, 1.54) is 21.3 Å². The Morgan fingerprint density at radius 3 is 3.07 bits per heavy atom. The SMILES string of the molecule is CCc1nnsc1CNCc1cccs1. The van der Waals surface area contributed by atoms with Crippen molar-refractivity contribution in [2.24, 2.45) is 0 Å². The second-order valence-electron chi connectivity index (χ2n) is 3.18. The first kappa shape index (κ1) is 10.7. The Bertz CT molecular complexity index is 394. The van der Waals surface area contributed by atoms with Crippen molar-refractivity contribution in [2.75, 3.05) is 0 Å². The first-order valence-corrected chi connectivity index (χ1v) is 6.58. The van der Waals surface area contributed by atoms with Crippen LogP contribution in [0.4, 0.5) is 0 Å². The zero-order valence-corrected chi connectivity index (χ0v) is 10.2. The van der Waals surface area contributed by atoms with Crippen LogP contribution in [0, 0.1) is 0 Å². The van der Waals surface area contributed by atoms with Crippen LogP contribution in [-0.2, 0) is 19.5 Å². The molecular formula is C10H13N3S2. The number of rotatable bonds is 5. The van der Waals surface area contributed by atoms with Crippen LogP contribution in [0.5, 0.6) is 0 Å². The molecule has 0 spiro atoms. The number of hydrogen-bond donors (Lipinski definition) is 1. The molecule has 15 heavy (non-hydrogen) atoms. The lowest BCUT2D eigenvalue weighted by molar-refractivity contribution is 0.701. The lowest BCUT2D eigenvalue weighted by Gasteiger charge is -2.01. The molecule has 0 radical (unpaired) electrons. The van der Waals surface area contributed by atoms with Gasteiger partial charge in [0.15, 0.2) is 0 Å². The number of nitrogens with one attached hydrogen (secondary N) is 1. The third-order valence-corrected chi connectivity index (χ3v) is 3.77. The largest absolute Gasteiger partial charge is 0.307 e. The Labute approximate surface area is 97.3 Å². The highest BCUT2D eigenvalue weighted by Gasteiger charge is 2.04. The predicted molar refractivity (Wildman–Crippen MR) is 64.1 cm³/mol. The molecule has 2 heterocycles. The first-order valence-electron chi connectivity index (χ1n) is 4.93. The van der Waals surface area contributed by atoms with Gasteiger partial charge in [0.2, 0.25) is 0 Å². The number of thiophene rings is 1. The van der Waals surface area contributed by atoms with Gasteiger partial charge in [0.05, 0.1) is 10.6 Å². The number of aryl methyl sites for hydroxylation is 1. The molecule has 80 valence electrons. The van der Waals surface area contributed by atoms with Gasteiger partial charge < -0.3 is 5.32 Å². The summed E-state index contributed by atoms with van der Waals surface area (Å²) in [6.07, 6.45) is 0.965. The molecule has 0 aliphatic heterocycles. The maximum absolute atomic E-state index is 4.08. The number of aromatic nitrogens is 2. The van der Waals surface area contributed by atoms with E-state index in [-0.39, 0.29) is 0 Å². The summed E-state index contributed by atoms with van der Waals surface area (Å²) in [4.78, 5) is 2.62. The summed E-state index contributed by atoms with van der Waals surface area (Å²) in [5, 5.41) is 9.59. The third kappa shape index (κ3) is 2.84. The van der Waals surface area contributed by atoms with E-state index >= 15 is 0 Å². The van der Waals surface area contributed by atoms with Gasteiger partial charge in [0.25, 0.3) is 0 Å². The van der Waals surface area contributed by atoms with Crippen LogP contribution in [0.15, 0.2) is 17.5 Å². The molecule has 2 rings (SSSR count). The van der Waals surface area contributed by atoms with Crippen LogP contribution in [-0.4, -0.2) is 9.59 Å². The van der Waals surface area contributed by atoms with Crippen LogP contribution in [0.25, 0.3) is 0 Å². The van der Waals surface area contributed by atoms with Crippen molar-refractivity contribution >= 4 is 22.9 Å². The van der Waals surface area contributed by atoms with Crippen LogP contribution in [0.3, 0.4) is 0 Å². The second kappa shape index (κ2) is 5.34. The van der Waals surface area contributed by atoms with E-state index in [2.05, 4.69) is 39.3 Å². The molecule has 5 heteroatoms. The summed E-state index contributed by atoms with van der Waals surface area (Å²) in [5.41, 5.74) is 1.12. The van der Waals surface area contributed by atoms with Gasteiger partial charge in [0.1, 0.15) is 0 Å². The molecular weight excluding hydrogens is 226 g/mol. The summed E-state index contributed by atoms with van der Waals surface area (Å²) < 4.78 is 3.96. The van der Waals surface area contributed by atoms with E-state index in [4.69, 9.17) is 0 Å². The Morgan fingerprint density at radius 1 is 1.40 bits per heavy atom. The molecule has 1 N–H and O–H groups in total. The smallest absolute Gasteiger partial charge is 0.0797 e. The van der Waals surface area contributed by atoms with Gasteiger partial charge in [-0.2, -0.15) is 0 Å². The first-order chi connectivity index (χ1) is 7.40. The molecule has 2 aromatic rings. The number of hydrogen-bond acceptors (Lipinski definition) is 5. The maximum Gasteiger partial charge on any atom is 0.0797 e. The zero-order chi connectivity index (χ0) is 10.5. The summed E-state index contributed by atoms with van der Waals surface area (Å²) in [6.45, 7) is 3.91. The molecule has 0 saturated heterocycles. The molecule has 0 bridgehead atoms. The van der Waals surface area contributed by atoms with Crippen molar-refractivity contribution in [2.45, 2.75) is 26.4 Å². The average molecular weight is 239 g/mol. The maximum atomic E-state index is 4.08. The van der Waals surface area contributed by atoms with E-state index in [0.717, 1.165) is 25.2 Å². The fourth-order valence-corrected chi connectivity index (χ4v) is 2.71. The quantitative estimate of drug-likeness (QED) is 0.871. The lowest BCUT2D eigenvalue weighted by atomic mass is 10.3. The van der Waals surface area contributed by atoms with Gasteiger partial charge >= 0.3 is 0 Å². The van der Waals surface area contributed by atoms with Crippen LogP contribution in [0.2, 0.25) is 0 Å². The summed E-state index contributed by atoms with van der Waals surface area (Å²) in [5.74, 6) is 0. The van der Waals surface area contributed by atoms with Gasteiger partial charge in [-0.1, -0.05) is 17.5 Å². The Balaban J connectivity index is 1.83. The highest BCUT2D eigenvalue weighted by atomic mass is 32.1. The Morgan fingerprint density at radius 2 is 2.33 bits per heavy atom. The molecule has 2 aromatic heterocycles. The summed E-state index contributed by atoms with van der Waals surface area (Å²) in [7, 11) is 0. The molecule has 0 fully saturated rings. The van der Waals surface area contributed by atoms with Crippen molar-refractivity contribution in [3.05, 3.63) is 33.0 Å². The fraction of sp³-hybridized carbons (Fsp3) is 0.400. The monoisotopic (exact) mass is 239 g/mol. The molecule has 0 amide bonds. The molecule has 0 atom stereocenters. The van der Waals surface area contributed by atoms with E-state index in [1.807, 2.05) is 0 Å². The topological polar surface area (TPSA) is 37.8 Å². The van der Waals surface area contributed by atoms with Gasteiger partial charge in [-0.25, -0.2) is 0 Å². The summed E-state index contributed by atoms with van der Waals surface area (Å²) in [6, 6.07) is 4.22. The van der Waals surface area contributed by atoms with Crippen molar-refractivity contribution in [1.29, 1.82) is 0 Å². The normalized spacial score (nSPS) is 10.7. The minimum Gasteiger partial charge on any atom is -0.307 e. The van der Waals surface area contributed by atoms with E-state index in [0.29, 0.717) is 0 Å². The second-order valence-corrected chi connectivity index (χ2v) is 5.05. The highest BCUT2D eigenvalue weighted by molar-refractivity contribution is 7.09. The van der Waals surface area contributed by atoms with Gasteiger partial charge in [-0.3, -0.25) is 0 Å². The Kier molecular flexibility index (Phi) is 3.82. The Hall–Kier alpha value is -0.780. The molecule has 0 aliphatic carbocycles. The van der Waals surface area contributed by atoms with E-state index in [9.17, 15) is 0 Å². The van der Waals surface area contributed by atoms with Crippen molar-refractivity contribution in [3.63, 3.8) is 0 Å². The average Bonchev–Trinajstić information content (AvgIpc) is 2.88. The molecule has 0 saturated carbocycles. The third-order valence-electron chi connectivity index (χ3n) is 2.13. The van der Waals surface area contributed by atoms with Crippen LogP contribution >= 0.6 is 22.9 Å². The van der Waals surface area contributed by atoms with Gasteiger partial charge in [0, 0.05) is 18.0 Å². The van der Waals surface area contributed by atoms with Crippen molar-refractivity contribution < 1.29 is 0 Å².